The highest BCUT2D eigenvalue weighted by Crippen LogP contribution is 2.44. The highest BCUT2D eigenvalue weighted by molar-refractivity contribution is 4.97. The lowest BCUT2D eigenvalue weighted by Crippen LogP contribution is -2.42. The summed E-state index contributed by atoms with van der Waals surface area (Å²) in [6.07, 6.45) is 7.35. The van der Waals surface area contributed by atoms with Crippen LogP contribution in [0, 0.1) is 5.41 Å². The molecule has 20 heavy (non-hydrogen) atoms. The van der Waals surface area contributed by atoms with Crippen LogP contribution in [0.25, 0.3) is 0 Å². The minimum absolute atomic E-state index is 0.0544. The van der Waals surface area contributed by atoms with Crippen LogP contribution in [-0.4, -0.2) is 56.7 Å². The average Bonchev–Trinajstić information content (AvgIpc) is 2.79. The fourth-order valence-corrected chi connectivity index (χ4v) is 4.05. The molecule has 0 aromatic carbocycles. The van der Waals surface area contributed by atoms with Gasteiger partial charge in [-0.2, -0.15) is 0 Å². The van der Waals surface area contributed by atoms with Crippen molar-refractivity contribution in [1.29, 1.82) is 0 Å². The molecule has 3 fully saturated rings. The minimum Gasteiger partial charge on any atom is -0.381 e. The van der Waals surface area contributed by atoms with E-state index in [0.717, 1.165) is 39.4 Å². The Balaban J connectivity index is 1.42. The molecule has 3 heterocycles. The number of rotatable bonds is 4. The number of hydrogen-bond donors (Lipinski definition) is 0. The van der Waals surface area contributed by atoms with Crippen molar-refractivity contribution in [2.24, 2.45) is 5.41 Å². The second-order valence-corrected chi connectivity index (χ2v) is 6.60. The molecule has 3 aliphatic heterocycles. The van der Waals surface area contributed by atoms with Gasteiger partial charge < -0.3 is 14.2 Å². The van der Waals surface area contributed by atoms with Gasteiger partial charge >= 0.3 is 0 Å². The topological polar surface area (TPSA) is 30.9 Å². The maximum Gasteiger partial charge on any atom is 0.157 e. The summed E-state index contributed by atoms with van der Waals surface area (Å²) in [5.74, 6) is 0. The number of nitrogens with zero attached hydrogens (tertiary/aromatic N) is 1. The van der Waals surface area contributed by atoms with Crippen LogP contribution in [-0.2, 0) is 14.2 Å². The number of ether oxygens (including phenoxy) is 3. The zero-order valence-corrected chi connectivity index (χ0v) is 12.8. The molecule has 0 aromatic heterocycles. The zero-order valence-electron chi connectivity index (χ0n) is 12.8. The third-order valence-corrected chi connectivity index (χ3v) is 5.64. The van der Waals surface area contributed by atoms with Gasteiger partial charge in [-0.3, -0.25) is 4.90 Å². The molecule has 4 heteroatoms. The summed E-state index contributed by atoms with van der Waals surface area (Å²) < 4.78 is 17.0. The molecule has 4 nitrogen and oxygen atoms in total. The van der Waals surface area contributed by atoms with E-state index in [0.29, 0.717) is 11.5 Å². The lowest BCUT2D eigenvalue weighted by atomic mass is 9.74. The van der Waals surface area contributed by atoms with E-state index in [1.807, 2.05) is 0 Å². The summed E-state index contributed by atoms with van der Waals surface area (Å²) in [5, 5.41) is 0. The first-order chi connectivity index (χ1) is 9.80. The van der Waals surface area contributed by atoms with Crippen LogP contribution in [0.4, 0.5) is 0 Å². The van der Waals surface area contributed by atoms with E-state index < -0.39 is 0 Å². The molecule has 3 aliphatic rings. The van der Waals surface area contributed by atoms with E-state index in [4.69, 9.17) is 14.2 Å². The second-order valence-electron chi connectivity index (χ2n) is 6.60. The third kappa shape index (κ3) is 3.19. The maximum atomic E-state index is 5.88. The molecular weight excluding hydrogens is 254 g/mol. The lowest BCUT2D eigenvalue weighted by molar-refractivity contribution is -0.164. The Kier molecular flexibility index (Phi) is 4.97. The first-order valence-corrected chi connectivity index (χ1v) is 8.35. The first kappa shape index (κ1) is 14.8. The quantitative estimate of drug-likeness (QED) is 0.793. The Labute approximate surface area is 122 Å². The van der Waals surface area contributed by atoms with Crippen molar-refractivity contribution >= 4 is 0 Å². The van der Waals surface area contributed by atoms with Crippen LogP contribution in [0.5, 0.6) is 0 Å². The normalized spacial score (nSPS) is 34.6. The molecule has 2 atom stereocenters. The van der Waals surface area contributed by atoms with Crippen LogP contribution in [0.15, 0.2) is 0 Å². The predicted molar refractivity (Wildman–Crippen MR) is 77.7 cm³/mol. The van der Waals surface area contributed by atoms with Gasteiger partial charge in [-0.15, -0.1) is 0 Å². The monoisotopic (exact) mass is 283 g/mol. The molecule has 0 unspecified atom stereocenters. The van der Waals surface area contributed by atoms with Crippen molar-refractivity contribution < 1.29 is 14.2 Å². The molecule has 0 saturated carbocycles. The van der Waals surface area contributed by atoms with Crippen LogP contribution in [0.2, 0.25) is 0 Å². The summed E-state index contributed by atoms with van der Waals surface area (Å²) in [7, 11) is 0. The number of hydrogen-bond acceptors (Lipinski definition) is 4. The van der Waals surface area contributed by atoms with Gasteiger partial charge in [0.15, 0.2) is 6.29 Å². The summed E-state index contributed by atoms with van der Waals surface area (Å²) >= 11 is 0. The van der Waals surface area contributed by atoms with E-state index in [-0.39, 0.29) is 6.29 Å². The lowest BCUT2D eigenvalue weighted by Gasteiger charge is -2.39. The average molecular weight is 283 g/mol. The molecule has 1 spiro atoms. The summed E-state index contributed by atoms with van der Waals surface area (Å²) in [5.41, 5.74) is 0.513. The fraction of sp³-hybridized carbons (Fsp3) is 1.00. The zero-order chi connectivity index (χ0) is 13.8. The van der Waals surface area contributed by atoms with E-state index >= 15 is 0 Å². The summed E-state index contributed by atoms with van der Waals surface area (Å²) in [4.78, 5) is 2.61. The van der Waals surface area contributed by atoms with Crippen LogP contribution in [0.3, 0.4) is 0 Å². The van der Waals surface area contributed by atoms with Gasteiger partial charge in [-0.05, 0) is 57.4 Å². The van der Waals surface area contributed by atoms with Gasteiger partial charge in [0.05, 0.1) is 6.61 Å². The molecule has 116 valence electrons. The van der Waals surface area contributed by atoms with Crippen molar-refractivity contribution in [3.63, 3.8) is 0 Å². The molecule has 0 N–H and O–H groups in total. The smallest absolute Gasteiger partial charge is 0.157 e. The standard InChI is InChI=1S/C16H29NO3/c1-14-16(6-11-18-12-7-16)5-8-17(14)9-13-20-15-4-2-3-10-19-15/h14-15H,2-13H2,1H3/t14-,15-/m0/s1. The molecule has 3 rings (SSSR count). The Morgan fingerprint density at radius 2 is 2.00 bits per heavy atom. The summed E-state index contributed by atoms with van der Waals surface area (Å²) in [6, 6.07) is 0.669. The van der Waals surface area contributed by atoms with Crippen molar-refractivity contribution in [2.75, 3.05) is 39.5 Å². The number of likely N-dealkylation sites (tertiary alicyclic amines) is 1. The van der Waals surface area contributed by atoms with Gasteiger partial charge in [-0.1, -0.05) is 0 Å². The molecule has 0 aliphatic carbocycles. The first-order valence-electron chi connectivity index (χ1n) is 8.35. The van der Waals surface area contributed by atoms with Crippen LogP contribution < -0.4 is 0 Å². The second kappa shape index (κ2) is 6.73. The fourth-order valence-electron chi connectivity index (χ4n) is 4.05. The third-order valence-electron chi connectivity index (χ3n) is 5.64. The maximum absolute atomic E-state index is 5.88. The predicted octanol–water partition coefficient (Wildman–Crippen LogP) is 2.42. The summed E-state index contributed by atoms with van der Waals surface area (Å²) in [6.45, 7) is 8.24. The van der Waals surface area contributed by atoms with E-state index in [1.165, 1.54) is 38.6 Å². The van der Waals surface area contributed by atoms with Gasteiger partial charge in [0.2, 0.25) is 0 Å². The van der Waals surface area contributed by atoms with Gasteiger partial charge in [-0.25, -0.2) is 0 Å². The van der Waals surface area contributed by atoms with Crippen LogP contribution in [0.1, 0.15) is 45.4 Å². The van der Waals surface area contributed by atoms with Crippen molar-refractivity contribution in [1.82, 2.24) is 4.90 Å². The van der Waals surface area contributed by atoms with Crippen molar-refractivity contribution in [3.8, 4) is 0 Å². The molecule has 0 bridgehead atoms. The Morgan fingerprint density at radius 1 is 1.15 bits per heavy atom. The SMILES string of the molecule is C[C@@H]1N(CCO[C@H]2CCCCO2)CCC12CCOCC2. The van der Waals surface area contributed by atoms with Crippen molar-refractivity contribution in [3.05, 3.63) is 0 Å². The van der Waals surface area contributed by atoms with E-state index in [1.54, 1.807) is 0 Å². The minimum atomic E-state index is 0.0544. The Hall–Kier alpha value is -0.160. The Bertz CT molecular complexity index is 298. The molecule has 0 radical (unpaired) electrons. The van der Waals surface area contributed by atoms with Gasteiger partial charge in [0.25, 0.3) is 0 Å². The molecule has 0 aromatic rings. The van der Waals surface area contributed by atoms with Gasteiger partial charge in [0.1, 0.15) is 0 Å². The molecule has 3 saturated heterocycles. The van der Waals surface area contributed by atoms with E-state index in [9.17, 15) is 0 Å². The Morgan fingerprint density at radius 3 is 2.75 bits per heavy atom. The van der Waals surface area contributed by atoms with Crippen molar-refractivity contribution in [2.45, 2.75) is 57.8 Å². The van der Waals surface area contributed by atoms with Gasteiger partial charge in [0, 0.05) is 32.4 Å². The molecule has 0 amide bonds. The highest BCUT2D eigenvalue weighted by atomic mass is 16.7. The van der Waals surface area contributed by atoms with E-state index in [2.05, 4.69) is 11.8 Å². The molecular formula is C16H29NO3. The largest absolute Gasteiger partial charge is 0.381 e. The van der Waals surface area contributed by atoms with Crippen LogP contribution >= 0.6 is 0 Å². The highest BCUT2D eigenvalue weighted by Gasteiger charge is 2.45.